The minimum atomic E-state index is -5.39. The number of hydrogen-bond donors (Lipinski definition) is 1. The molecule has 0 radical (unpaired) electrons. The fourth-order valence-corrected chi connectivity index (χ4v) is 4.94. The van der Waals surface area contributed by atoms with Gasteiger partial charge in [0.2, 0.25) is 0 Å². The minimum Gasteiger partial charge on any atom is -0.368 e. The second-order valence-corrected chi connectivity index (χ2v) is 9.68. The first-order valence-corrected chi connectivity index (χ1v) is 10.6. The van der Waals surface area contributed by atoms with Gasteiger partial charge in [-0.15, -0.1) is 0 Å². The van der Waals surface area contributed by atoms with Gasteiger partial charge in [-0.3, -0.25) is 0 Å². The molecule has 6 nitrogen and oxygen atoms in total. The number of halogens is 3. The van der Waals surface area contributed by atoms with Gasteiger partial charge in [-0.2, -0.15) is 8.78 Å². The highest BCUT2D eigenvalue weighted by Crippen LogP contribution is 2.40. The number of benzene rings is 1. The monoisotopic (exact) mass is 398 g/mol. The minimum absolute atomic E-state index is 0.0401. The molecule has 2 N–H and O–H groups in total. The SMILES string of the molecule is NCC=C(F)C(F)(F)S(=O)(=O)c1ccccc1N1CCS(=O)(=O)CC1. The van der Waals surface area contributed by atoms with Crippen molar-refractivity contribution in [1.82, 2.24) is 0 Å². The normalized spacial score (nSPS) is 19.0. The summed E-state index contributed by atoms with van der Waals surface area (Å²) in [7, 11) is -8.64. The van der Waals surface area contributed by atoms with E-state index in [1.165, 1.54) is 23.1 Å². The zero-order chi connectivity index (χ0) is 18.9. The van der Waals surface area contributed by atoms with E-state index < -0.39 is 42.2 Å². The maximum Gasteiger partial charge on any atom is 0.400 e. The van der Waals surface area contributed by atoms with E-state index in [1.54, 1.807) is 0 Å². The number of nitrogens with zero attached hydrogens (tertiary/aromatic N) is 1. The van der Waals surface area contributed by atoms with Gasteiger partial charge in [-0.1, -0.05) is 12.1 Å². The van der Waals surface area contributed by atoms with Crippen molar-refractivity contribution in [2.45, 2.75) is 10.2 Å². The topological polar surface area (TPSA) is 97.5 Å². The molecule has 1 fully saturated rings. The molecule has 1 aliphatic heterocycles. The molecule has 1 aromatic carbocycles. The van der Waals surface area contributed by atoms with Crippen molar-refractivity contribution in [2.24, 2.45) is 5.73 Å². The lowest BCUT2D eigenvalue weighted by molar-refractivity contribution is 0.105. The van der Waals surface area contributed by atoms with Gasteiger partial charge in [0.25, 0.3) is 9.84 Å². The van der Waals surface area contributed by atoms with Crippen LogP contribution in [0.2, 0.25) is 0 Å². The third kappa shape index (κ3) is 3.82. The first-order chi connectivity index (χ1) is 11.5. The quantitative estimate of drug-likeness (QED) is 0.798. The summed E-state index contributed by atoms with van der Waals surface area (Å²) in [5.74, 6) is -2.59. The number of anilines is 1. The Morgan fingerprint density at radius 1 is 1.24 bits per heavy atom. The highest BCUT2D eigenvalue weighted by Gasteiger charge is 2.51. The van der Waals surface area contributed by atoms with Crippen molar-refractivity contribution < 1.29 is 30.0 Å². The molecule has 0 amide bonds. The summed E-state index contributed by atoms with van der Waals surface area (Å²) in [5.41, 5.74) is 4.89. The Labute approximate surface area is 144 Å². The van der Waals surface area contributed by atoms with E-state index in [9.17, 15) is 30.0 Å². The Hall–Kier alpha value is -1.59. The van der Waals surface area contributed by atoms with Crippen molar-refractivity contribution in [3.8, 4) is 0 Å². The van der Waals surface area contributed by atoms with Crippen LogP contribution in [0.5, 0.6) is 0 Å². The van der Waals surface area contributed by atoms with Gasteiger partial charge < -0.3 is 10.6 Å². The molecule has 1 saturated heterocycles. The number of nitrogens with two attached hydrogens (primary N) is 1. The van der Waals surface area contributed by atoms with Crippen LogP contribution in [0.25, 0.3) is 0 Å². The van der Waals surface area contributed by atoms with Crippen molar-refractivity contribution in [3.05, 3.63) is 36.2 Å². The third-order valence-electron chi connectivity index (χ3n) is 3.75. The highest BCUT2D eigenvalue weighted by atomic mass is 32.2. The average Bonchev–Trinajstić information content (AvgIpc) is 2.55. The van der Waals surface area contributed by atoms with Crippen LogP contribution < -0.4 is 10.6 Å². The van der Waals surface area contributed by atoms with Crippen LogP contribution in [0.3, 0.4) is 0 Å². The number of hydrogen-bond acceptors (Lipinski definition) is 6. The van der Waals surface area contributed by atoms with Crippen LogP contribution in [0.1, 0.15) is 0 Å². The summed E-state index contributed by atoms with van der Waals surface area (Å²) in [6.07, 6.45) is 0.299. The van der Waals surface area contributed by atoms with Crippen molar-refractivity contribution >= 4 is 25.4 Å². The number of para-hydroxylation sites is 1. The van der Waals surface area contributed by atoms with Gasteiger partial charge in [-0.05, 0) is 18.2 Å². The molecule has 0 unspecified atom stereocenters. The predicted molar refractivity (Wildman–Crippen MR) is 87.7 cm³/mol. The molecule has 1 aliphatic rings. The van der Waals surface area contributed by atoms with Crippen molar-refractivity contribution in [1.29, 1.82) is 0 Å². The Bertz CT molecular complexity index is 869. The molecule has 1 aromatic rings. The lowest BCUT2D eigenvalue weighted by Gasteiger charge is -2.30. The van der Waals surface area contributed by atoms with Crippen molar-refractivity contribution in [3.63, 3.8) is 0 Å². The molecular formula is C14H17F3N2O4S2. The maximum atomic E-state index is 14.1. The molecule has 2 rings (SSSR count). The van der Waals surface area contributed by atoms with E-state index in [0.717, 1.165) is 6.07 Å². The maximum absolute atomic E-state index is 14.1. The Morgan fingerprint density at radius 2 is 1.80 bits per heavy atom. The average molecular weight is 398 g/mol. The Balaban J connectivity index is 2.49. The van der Waals surface area contributed by atoms with Gasteiger partial charge in [0.1, 0.15) is 0 Å². The summed E-state index contributed by atoms with van der Waals surface area (Å²) in [6, 6.07) is 4.89. The summed E-state index contributed by atoms with van der Waals surface area (Å²) in [5, 5.41) is -4.77. The van der Waals surface area contributed by atoms with Crippen LogP contribution in [-0.2, 0) is 19.7 Å². The van der Waals surface area contributed by atoms with E-state index in [4.69, 9.17) is 5.73 Å². The molecule has 0 saturated carbocycles. The predicted octanol–water partition coefficient (Wildman–Crippen LogP) is 1.10. The largest absolute Gasteiger partial charge is 0.400 e. The molecular weight excluding hydrogens is 381 g/mol. The smallest absolute Gasteiger partial charge is 0.368 e. The molecule has 0 aromatic heterocycles. The molecule has 0 aliphatic carbocycles. The van der Waals surface area contributed by atoms with E-state index in [1.807, 2.05) is 0 Å². The second kappa shape index (κ2) is 6.96. The Morgan fingerprint density at radius 3 is 2.36 bits per heavy atom. The summed E-state index contributed by atoms with van der Waals surface area (Å²) < 4.78 is 89.6. The zero-order valence-corrected chi connectivity index (χ0v) is 14.7. The summed E-state index contributed by atoms with van der Waals surface area (Å²) in [4.78, 5) is 0.619. The fraction of sp³-hybridized carbons (Fsp3) is 0.429. The second-order valence-electron chi connectivity index (χ2n) is 5.41. The van der Waals surface area contributed by atoms with Crippen LogP contribution in [-0.4, -0.2) is 53.2 Å². The molecule has 0 bridgehead atoms. The molecule has 0 atom stereocenters. The van der Waals surface area contributed by atoms with E-state index >= 15 is 0 Å². The number of sulfone groups is 2. The molecule has 1 heterocycles. The lowest BCUT2D eigenvalue weighted by atomic mass is 10.3. The van der Waals surface area contributed by atoms with Crippen LogP contribution in [0, 0.1) is 0 Å². The van der Waals surface area contributed by atoms with Crippen LogP contribution in [0.4, 0.5) is 18.9 Å². The van der Waals surface area contributed by atoms with Crippen LogP contribution in [0.15, 0.2) is 41.1 Å². The van der Waals surface area contributed by atoms with E-state index in [-0.39, 0.29) is 30.3 Å². The van der Waals surface area contributed by atoms with Crippen LogP contribution >= 0.6 is 0 Å². The lowest BCUT2D eigenvalue weighted by Crippen LogP contribution is -2.41. The third-order valence-corrected chi connectivity index (χ3v) is 7.16. The van der Waals surface area contributed by atoms with Crippen molar-refractivity contribution in [2.75, 3.05) is 36.0 Å². The molecule has 0 spiro atoms. The first-order valence-electron chi connectivity index (χ1n) is 7.26. The van der Waals surface area contributed by atoms with E-state index in [2.05, 4.69) is 0 Å². The zero-order valence-electron chi connectivity index (χ0n) is 13.0. The molecule has 140 valence electrons. The summed E-state index contributed by atoms with van der Waals surface area (Å²) >= 11 is 0. The van der Waals surface area contributed by atoms with Gasteiger partial charge >= 0.3 is 5.25 Å². The van der Waals surface area contributed by atoms with Gasteiger partial charge in [0.05, 0.1) is 22.1 Å². The fourth-order valence-electron chi connectivity index (χ4n) is 2.39. The number of alkyl halides is 2. The first kappa shape index (κ1) is 19.7. The van der Waals surface area contributed by atoms with Gasteiger partial charge in [0.15, 0.2) is 15.7 Å². The van der Waals surface area contributed by atoms with Gasteiger partial charge in [0, 0.05) is 19.6 Å². The van der Waals surface area contributed by atoms with E-state index in [0.29, 0.717) is 6.08 Å². The standard InChI is InChI=1S/C14H17F3N2O4S2/c15-13(5-6-18)14(16,17)25(22,23)12-4-2-1-3-11(12)19-7-9-24(20,21)10-8-19/h1-5H,6-10,18H2. The van der Waals surface area contributed by atoms with Gasteiger partial charge in [-0.25, -0.2) is 21.2 Å². The number of rotatable bonds is 5. The highest BCUT2D eigenvalue weighted by molar-refractivity contribution is 7.93. The molecule has 25 heavy (non-hydrogen) atoms. The summed E-state index contributed by atoms with van der Waals surface area (Å²) in [6.45, 7) is -0.661. The molecule has 11 heteroatoms. The Kier molecular flexibility index (Phi) is 5.50.